The van der Waals surface area contributed by atoms with E-state index in [1.165, 1.54) is 18.2 Å². The summed E-state index contributed by atoms with van der Waals surface area (Å²) < 4.78 is 0. The highest BCUT2D eigenvalue weighted by atomic mass is 32.1. The molecule has 1 aliphatic heterocycles. The summed E-state index contributed by atoms with van der Waals surface area (Å²) in [4.78, 5) is 14.3. The van der Waals surface area contributed by atoms with Crippen molar-refractivity contribution >= 4 is 17.0 Å². The van der Waals surface area contributed by atoms with E-state index in [9.17, 15) is 15.2 Å². The molecule has 116 valence electrons. The second-order valence-corrected chi connectivity index (χ2v) is 6.18. The predicted octanol–water partition coefficient (Wildman–Crippen LogP) is 2.36. The van der Waals surface area contributed by atoms with Crippen LogP contribution in [0.5, 0.6) is 5.75 Å². The average molecular weight is 319 g/mol. The summed E-state index contributed by atoms with van der Waals surface area (Å²) in [5.41, 5.74) is 0.601. The van der Waals surface area contributed by atoms with Crippen molar-refractivity contribution < 1.29 is 10.0 Å². The number of nitrogens with one attached hydrogen (secondary N) is 1. The second-order valence-electron chi connectivity index (χ2n) is 5.20. The third-order valence-electron chi connectivity index (χ3n) is 3.83. The van der Waals surface area contributed by atoms with Gasteiger partial charge >= 0.3 is 0 Å². The molecule has 0 unspecified atom stereocenters. The molecule has 1 fully saturated rings. The lowest BCUT2D eigenvalue weighted by atomic mass is 10.0. The smallest absolute Gasteiger partial charge is 0.274 e. The highest BCUT2D eigenvalue weighted by Gasteiger charge is 2.30. The fourth-order valence-corrected chi connectivity index (χ4v) is 3.72. The summed E-state index contributed by atoms with van der Waals surface area (Å²) >= 11 is 1.58. The van der Waals surface area contributed by atoms with Crippen molar-refractivity contribution in [3.63, 3.8) is 0 Å². The normalized spacial score (nSPS) is 17.3. The first-order valence-corrected chi connectivity index (χ1v) is 8.00. The summed E-state index contributed by atoms with van der Waals surface area (Å²) in [5, 5.41) is 26.5. The van der Waals surface area contributed by atoms with Crippen LogP contribution >= 0.6 is 11.3 Å². The summed E-state index contributed by atoms with van der Waals surface area (Å²) in [6, 6.07) is 8.01. The van der Waals surface area contributed by atoms with Gasteiger partial charge in [-0.05, 0) is 23.6 Å². The molecule has 3 rings (SSSR count). The molecule has 0 spiro atoms. The predicted molar refractivity (Wildman–Crippen MR) is 85.4 cm³/mol. The van der Waals surface area contributed by atoms with Crippen molar-refractivity contribution in [1.29, 1.82) is 0 Å². The van der Waals surface area contributed by atoms with Crippen molar-refractivity contribution in [1.82, 2.24) is 10.2 Å². The monoisotopic (exact) mass is 319 g/mol. The van der Waals surface area contributed by atoms with Crippen molar-refractivity contribution in [2.24, 2.45) is 0 Å². The molecule has 1 aliphatic rings. The lowest BCUT2D eigenvalue weighted by Gasteiger charge is -2.34. The van der Waals surface area contributed by atoms with E-state index in [4.69, 9.17) is 0 Å². The van der Waals surface area contributed by atoms with Crippen LogP contribution in [0.2, 0.25) is 0 Å². The molecule has 0 aliphatic carbocycles. The maximum absolute atomic E-state index is 11.4. The molecule has 0 saturated carbocycles. The fraction of sp³-hybridized carbons (Fsp3) is 0.333. The number of aromatic hydroxyl groups is 1. The number of nitrogens with zero attached hydrogens (tertiary/aromatic N) is 2. The van der Waals surface area contributed by atoms with E-state index in [1.807, 2.05) is 17.5 Å². The van der Waals surface area contributed by atoms with Crippen LogP contribution in [-0.4, -0.2) is 41.1 Å². The molecule has 2 N–H and O–H groups in total. The lowest BCUT2D eigenvalue weighted by molar-refractivity contribution is -0.385. The fourth-order valence-electron chi connectivity index (χ4n) is 2.84. The van der Waals surface area contributed by atoms with E-state index in [-0.39, 0.29) is 22.4 Å². The van der Waals surface area contributed by atoms with Gasteiger partial charge in [-0.1, -0.05) is 6.07 Å². The first kappa shape index (κ1) is 15.0. The maximum atomic E-state index is 11.4. The molecule has 7 heteroatoms. The van der Waals surface area contributed by atoms with Crippen molar-refractivity contribution in [2.45, 2.75) is 6.04 Å². The Labute approximate surface area is 132 Å². The van der Waals surface area contributed by atoms with Crippen LogP contribution < -0.4 is 5.32 Å². The van der Waals surface area contributed by atoms with Gasteiger partial charge in [0.1, 0.15) is 5.75 Å². The third kappa shape index (κ3) is 2.96. The molecule has 0 bridgehead atoms. The lowest BCUT2D eigenvalue weighted by Crippen LogP contribution is -2.45. The van der Waals surface area contributed by atoms with E-state index in [0.29, 0.717) is 5.56 Å². The van der Waals surface area contributed by atoms with Crippen LogP contribution in [0.25, 0.3) is 0 Å². The first-order chi connectivity index (χ1) is 10.7. The molecule has 2 heterocycles. The molecule has 1 saturated heterocycles. The van der Waals surface area contributed by atoms with Crippen LogP contribution in [0.1, 0.15) is 16.5 Å². The Morgan fingerprint density at radius 2 is 2.09 bits per heavy atom. The van der Waals surface area contributed by atoms with E-state index < -0.39 is 0 Å². The number of hydrogen-bond acceptors (Lipinski definition) is 6. The van der Waals surface area contributed by atoms with Gasteiger partial charge in [0, 0.05) is 37.1 Å². The molecule has 22 heavy (non-hydrogen) atoms. The maximum Gasteiger partial charge on any atom is 0.274 e. The van der Waals surface area contributed by atoms with Crippen LogP contribution in [0.4, 0.5) is 5.69 Å². The molecule has 1 atom stereocenters. The van der Waals surface area contributed by atoms with Gasteiger partial charge in [-0.2, -0.15) is 0 Å². The SMILES string of the molecule is O=[N+]([O-])c1ccc(O)cc1[C@@H](c1cccs1)N1CCNCC1. The van der Waals surface area contributed by atoms with Crippen LogP contribution in [-0.2, 0) is 0 Å². The quantitative estimate of drug-likeness (QED) is 0.668. The third-order valence-corrected chi connectivity index (χ3v) is 4.76. The second kappa shape index (κ2) is 6.43. The topological polar surface area (TPSA) is 78.6 Å². The number of phenols is 1. The van der Waals surface area contributed by atoms with E-state index in [2.05, 4.69) is 10.2 Å². The number of nitro benzene ring substituents is 1. The molecular formula is C15H17N3O3S. The Balaban J connectivity index is 2.09. The number of hydrogen-bond donors (Lipinski definition) is 2. The van der Waals surface area contributed by atoms with Crippen LogP contribution in [0.15, 0.2) is 35.7 Å². The average Bonchev–Trinajstić information content (AvgIpc) is 3.02. The standard InChI is InChI=1S/C15H17N3O3S/c19-11-3-4-13(18(20)21)12(10-11)15(14-2-1-9-22-14)17-7-5-16-6-8-17/h1-4,9-10,15-16,19H,5-8H2/t15-/m0/s1. The number of piperazine rings is 1. The van der Waals surface area contributed by atoms with Gasteiger partial charge in [0.2, 0.25) is 0 Å². The zero-order valence-electron chi connectivity index (χ0n) is 11.9. The van der Waals surface area contributed by atoms with E-state index in [1.54, 1.807) is 11.3 Å². The van der Waals surface area contributed by atoms with Gasteiger partial charge < -0.3 is 10.4 Å². The Morgan fingerprint density at radius 1 is 1.32 bits per heavy atom. The Morgan fingerprint density at radius 3 is 2.73 bits per heavy atom. The van der Waals surface area contributed by atoms with Gasteiger partial charge in [0.15, 0.2) is 0 Å². The van der Waals surface area contributed by atoms with Gasteiger partial charge in [0.05, 0.1) is 16.5 Å². The van der Waals surface area contributed by atoms with Gasteiger partial charge in [-0.3, -0.25) is 15.0 Å². The highest BCUT2D eigenvalue weighted by Crippen LogP contribution is 2.38. The molecule has 0 radical (unpaired) electrons. The largest absolute Gasteiger partial charge is 0.508 e. The Bertz CT molecular complexity index is 654. The van der Waals surface area contributed by atoms with Crippen LogP contribution in [0, 0.1) is 10.1 Å². The van der Waals surface area contributed by atoms with Crippen molar-refractivity contribution in [3.8, 4) is 5.75 Å². The zero-order chi connectivity index (χ0) is 15.5. The minimum absolute atomic E-state index is 0.0507. The minimum Gasteiger partial charge on any atom is -0.508 e. The molecule has 6 nitrogen and oxygen atoms in total. The summed E-state index contributed by atoms with van der Waals surface area (Å²) in [5.74, 6) is 0.0530. The summed E-state index contributed by atoms with van der Waals surface area (Å²) in [6.45, 7) is 3.34. The highest BCUT2D eigenvalue weighted by molar-refractivity contribution is 7.10. The molecule has 0 amide bonds. The zero-order valence-corrected chi connectivity index (χ0v) is 12.8. The Hall–Kier alpha value is -1.96. The molecule has 1 aromatic heterocycles. The van der Waals surface area contributed by atoms with Gasteiger partial charge in [0.25, 0.3) is 5.69 Å². The van der Waals surface area contributed by atoms with Gasteiger partial charge in [-0.25, -0.2) is 0 Å². The number of nitro groups is 1. The van der Waals surface area contributed by atoms with E-state index in [0.717, 1.165) is 31.1 Å². The number of rotatable bonds is 4. The summed E-state index contributed by atoms with van der Waals surface area (Å²) in [7, 11) is 0. The number of benzene rings is 1. The van der Waals surface area contributed by atoms with Crippen LogP contribution in [0.3, 0.4) is 0 Å². The molecular weight excluding hydrogens is 302 g/mol. The molecule has 2 aromatic rings. The first-order valence-electron chi connectivity index (χ1n) is 7.12. The minimum atomic E-state index is -0.377. The van der Waals surface area contributed by atoms with Crippen molar-refractivity contribution in [3.05, 3.63) is 56.3 Å². The van der Waals surface area contributed by atoms with E-state index >= 15 is 0 Å². The number of phenolic OH excluding ortho intramolecular Hbond substituents is 1. The molecule has 1 aromatic carbocycles. The Kier molecular flexibility index (Phi) is 4.37. The van der Waals surface area contributed by atoms with Crippen molar-refractivity contribution in [2.75, 3.05) is 26.2 Å². The summed E-state index contributed by atoms with van der Waals surface area (Å²) in [6.07, 6.45) is 0. The number of thiophene rings is 1. The van der Waals surface area contributed by atoms with Gasteiger partial charge in [-0.15, -0.1) is 11.3 Å².